The zero-order valence-electron chi connectivity index (χ0n) is 14.0. The Morgan fingerprint density at radius 1 is 1.00 bits per heavy atom. The Morgan fingerprint density at radius 2 is 1.45 bits per heavy atom. The number of nitrogens with one attached hydrogen (secondary N) is 2. The molecule has 1 aromatic rings. The van der Waals surface area contributed by atoms with Crippen molar-refractivity contribution < 1.29 is 0 Å². The third-order valence-electron chi connectivity index (χ3n) is 1.70. The molecule has 0 amide bonds. The minimum absolute atomic E-state index is 0.271. The van der Waals surface area contributed by atoms with Crippen LogP contribution in [0.1, 0.15) is 25.3 Å². The normalized spacial score (nSPS) is 9.65. The van der Waals surface area contributed by atoms with Crippen molar-refractivity contribution in [1.29, 1.82) is 0 Å². The monoisotopic (exact) mass is 498 g/mol. The van der Waals surface area contributed by atoms with Crippen molar-refractivity contribution in [3.63, 3.8) is 0 Å². The summed E-state index contributed by atoms with van der Waals surface area (Å²) >= 11 is -1.09. The van der Waals surface area contributed by atoms with Crippen molar-refractivity contribution in [3.05, 3.63) is 32.6 Å². The minimum atomic E-state index is -0.543. The molecule has 0 aliphatic carbocycles. The fourth-order valence-corrected chi connectivity index (χ4v) is 0.991. The van der Waals surface area contributed by atoms with Gasteiger partial charge >= 0.3 is 74.8 Å². The van der Waals surface area contributed by atoms with E-state index in [9.17, 15) is 9.59 Å². The van der Waals surface area contributed by atoms with Crippen molar-refractivity contribution in [3.8, 4) is 0 Å². The van der Waals surface area contributed by atoms with Crippen LogP contribution in [0.5, 0.6) is 0 Å². The first kappa shape index (κ1) is 22.6. The Kier molecular flexibility index (Phi) is 16.0. The number of rotatable bonds is 3. The molecule has 116 valence electrons. The first-order valence-corrected chi connectivity index (χ1v) is 24.2. The van der Waals surface area contributed by atoms with Crippen LogP contribution in [0.4, 0.5) is 0 Å². The molecule has 2 radical (unpaired) electrons. The Bertz CT molecular complexity index is 428. The molecular weight excluding hydrogens is 466 g/mol. The van der Waals surface area contributed by atoms with Crippen LogP contribution in [-0.4, -0.2) is 49.5 Å². The topological polar surface area (TPSA) is 65.7 Å². The zero-order valence-corrected chi connectivity index (χ0v) is 19.7. The van der Waals surface area contributed by atoms with Crippen LogP contribution in [0.15, 0.2) is 15.8 Å². The van der Waals surface area contributed by atoms with Crippen molar-refractivity contribution in [2.45, 2.75) is 55.8 Å². The van der Waals surface area contributed by atoms with Gasteiger partial charge in [0.15, 0.2) is 0 Å². The second-order valence-electron chi connectivity index (χ2n) is 5.70. The summed E-state index contributed by atoms with van der Waals surface area (Å²) in [5, 5.41) is 0. The summed E-state index contributed by atoms with van der Waals surface area (Å²) in [5.41, 5.74) is -0.0658. The number of unbranched alkanes of at least 4 members (excludes halogenated alkanes) is 1. The van der Waals surface area contributed by atoms with Crippen LogP contribution in [0.25, 0.3) is 0 Å². The van der Waals surface area contributed by atoms with E-state index in [1.54, 1.807) is 0 Å². The van der Waals surface area contributed by atoms with E-state index in [1.807, 2.05) is 0 Å². The van der Waals surface area contributed by atoms with Gasteiger partial charge in [-0.05, 0) is 12.8 Å². The predicted octanol–water partition coefficient (Wildman–Crippen LogP) is 3.15. The van der Waals surface area contributed by atoms with Gasteiger partial charge in [-0.1, -0.05) is 13.3 Å². The zero-order chi connectivity index (χ0) is 16.1. The van der Waals surface area contributed by atoms with Gasteiger partial charge in [-0.3, -0.25) is 9.78 Å². The molecule has 2 N–H and O–H groups in total. The summed E-state index contributed by atoms with van der Waals surface area (Å²) < 4.78 is 0. The molecule has 0 bridgehead atoms. The summed E-state index contributed by atoms with van der Waals surface area (Å²) in [4.78, 5) is 40.5. The van der Waals surface area contributed by atoms with Crippen molar-refractivity contribution in [2.24, 2.45) is 0 Å². The molecule has 4 nitrogen and oxygen atoms in total. The summed E-state index contributed by atoms with van der Waals surface area (Å²) in [5.74, 6) is 0. The van der Waals surface area contributed by atoms with Gasteiger partial charge < -0.3 is 4.98 Å². The Morgan fingerprint density at radius 3 is 1.80 bits per heavy atom. The molecule has 1 aromatic heterocycles. The predicted molar refractivity (Wildman–Crippen MR) is 93.0 cm³/mol. The average Bonchev–Trinajstić information content (AvgIpc) is 2.26. The molecule has 0 atom stereocenters. The Labute approximate surface area is 137 Å². The first-order chi connectivity index (χ1) is 9.20. The number of aryl methyl sites for hydroxylation is 1. The van der Waals surface area contributed by atoms with Crippen molar-refractivity contribution >= 4 is 39.5 Å². The number of aromatic amines is 2. The summed E-state index contributed by atoms with van der Waals surface area (Å²) in [6, 6.07) is 0. The number of hydrogen-bond donors (Lipinski definition) is 2. The van der Waals surface area contributed by atoms with E-state index >= 15 is 0 Å². The van der Waals surface area contributed by atoms with E-state index in [0.717, 1.165) is 19.3 Å². The second kappa shape index (κ2) is 14.2. The fourth-order valence-electron chi connectivity index (χ4n) is 0.991. The third kappa shape index (κ3) is 18.3. The van der Waals surface area contributed by atoms with Gasteiger partial charge in [0.2, 0.25) is 0 Å². The molecule has 20 heavy (non-hydrogen) atoms. The average molecular weight is 496 g/mol. The number of H-pyrrole nitrogens is 2. The van der Waals surface area contributed by atoms with Gasteiger partial charge in [0.05, 0.1) is 0 Å². The van der Waals surface area contributed by atoms with Gasteiger partial charge in [-0.15, -0.1) is 0 Å². The van der Waals surface area contributed by atoms with Crippen molar-refractivity contribution in [1.82, 2.24) is 9.97 Å². The fraction of sp³-hybridized carbons (Fsp3) is 0.714. The standard InChI is InChI=1S/C8H12N2O2.6CH3.2Sn/c1-2-3-4-6-5-9-8(12)10-7(6)11;;;;;;;;/h5H,2-4H2,1H3,(H2,9,10,11,12);6*1H3;;. The molecule has 1 heterocycles. The van der Waals surface area contributed by atoms with Gasteiger partial charge in [0, 0.05) is 11.8 Å². The van der Waals surface area contributed by atoms with Gasteiger partial charge in [-0.25, -0.2) is 4.79 Å². The summed E-state index contributed by atoms with van der Waals surface area (Å²) in [6.45, 7) is 2.06. The van der Waals surface area contributed by atoms with Crippen LogP contribution in [0, 0.1) is 0 Å². The molecule has 0 aromatic carbocycles. The molecule has 0 aliphatic rings. The van der Waals surface area contributed by atoms with Crippen LogP contribution < -0.4 is 11.2 Å². The second-order valence-corrected chi connectivity index (χ2v) is 22.8. The van der Waals surface area contributed by atoms with Crippen LogP contribution in [0.2, 0.25) is 29.6 Å². The Balaban J connectivity index is 0. The van der Waals surface area contributed by atoms with Gasteiger partial charge in [-0.2, -0.15) is 0 Å². The van der Waals surface area contributed by atoms with Crippen LogP contribution >= 0.6 is 0 Å². The summed E-state index contributed by atoms with van der Waals surface area (Å²) in [7, 11) is 0. The molecular formula is C14H30N2O2Sn2. The number of aromatic nitrogens is 2. The van der Waals surface area contributed by atoms with Crippen LogP contribution in [-0.2, 0) is 6.42 Å². The third-order valence-corrected chi connectivity index (χ3v) is 1.70. The quantitative estimate of drug-likeness (QED) is 0.633. The first-order valence-electron chi connectivity index (χ1n) is 7.05. The maximum absolute atomic E-state index is 11.1. The van der Waals surface area contributed by atoms with E-state index in [2.05, 4.69) is 46.5 Å². The SMILES string of the molecule is CCCCc1c[nH]c(=O)[nH]c1=O.[CH3][Sn]([CH3])[CH3].[CH3][Sn]([CH3])[CH3]. The molecule has 0 fully saturated rings. The van der Waals surface area contributed by atoms with E-state index in [-0.39, 0.29) is 5.56 Å². The molecule has 0 unspecified atom stereocenters. The Hall–Kier alpha value is 0.277. The maximum atomic E-state index is 11.1. The van der Waals surface area contributed by atoms with Crippen LogP contribution in [0.3, 0.4) is 0 Å². The number of hydrogen-bond acceptors (Lipinski definition) is 2. The van der Waals surface area contributed by atoms with E-state index in [1.165, 1.54) is 6.20 Å². The molecule has 0 saturated heterocycles. The van der Waals surface area contributed by atoms with Gasteiger partial charge in [0.1, 0.15) is 0 Å². The van der Waals surface area contributed by atoms with Gasteiger partial charge in [0.25, 0.3) is 5.56 Å². The molecule has 0 saturated carbocycles. The molecule has 1 rings (SSSR count). The molecule has 0 aliphatic heterocycles. The van der Waals surface area contributed by atoms with E-state index < -0.39 is 45.2 Å². The molecule has 6 heteroatoms. The summed E-state index contributed by atoms with van der Waals surface area (Å²) in [6.07, 6.45) is 4.22. The van der Waals surface area contributed by atoms with E-state index in [4.69, 9.17) is 0 Å². The molecule has 0 spiro atoms. The van der Waals surface area contributed by atoms with Crippen molar-refractivity contribution in [2.75, 3.05) is 0 Å². The van der Waals surface area contributed by atoms with E-state index in [0.29, 0.717) is 5.56 Å².